The Kier molecular flexibility index (Phi) is 5.82. The van der Waals surface area contributed by atoms with Gasteiger partial charge in [0, 0.05) is 16.5 Å². The highest BCUT2D eigenvalue weighted by Gasteiger charge is 2.42. The van der Waals surface area contributed by atoms with Crippen molar-refractivity contribution in [3.05, 3.63) is 47.3 Å². The average Bonchev–Trinajstić information content (AvgIpc) is 2.97. The number of hydrogen-bond donors (Lipinski definition) is 1. The highest BCUT2D eigenvalue weighted by atomic mass is 35.5. The lowest BCUT2D eigenvalue weighted by atomic mass is 9.79. The van der Waals surface area contributed by atoms with Gasteiger partial charge in [0.15, 0.2) is 0 Å². The Morgan fingerprint density at radius 1 is 1.44 bits per heavy atom. The summed E-state index contributed by atoms with van der Waals surface area (Å²) in [6, 6.07) is 3.89. The lowest BCUT2D eigenvalue weighted by Crippen LogP contribution is -2.44. The van der Waals surface area contributed by atoms with Gasteiger partial charge in [-0.25, -0.2) is 14.1 Å². The number of benzene rings is 1. The summed E-state index contributed by atoms with van der Waals surface area (Å²) in [7, 11) is -3.75. The van der Waals surface area contributed by atoms with Crippen LogP contribution in [0.2, 0.25) is 5.02 Å². The maximum atomic E-state index is 14.5. The van der Waals surface area contributed by atoms with E-state index in [0.29, 0.717) is 0 Å². The van der Waals surface area contributed by atoms with Crippen LogP contribution in [0.4, 0.5) is 4.39 Å². The number of hydrogen-bond acceptors (Lipinski definition) is 6. The lowest BCUT2D eigenvalue weighted by molar-refractivity contribution is -0.0726. The Labute approximate surface area is 150 Å². The molecule has 0 bridgehead atoms. The predicted octanol–water partition coefficient (Wildman–Crippen LogP) is 1.96. The summed E-state index contributed by atoms with van der Waals surface area (Å²) in [5.74, 6) is -1.52. The maximum Gasteiger partial charge on any atom is 0.264 e. The van der Waals surface area contributed by atoms with Crippen LogP contribution in [0.3, 0.4) is 0 Å². The minimum absolute atomic E-state index is 0.0381. The fourth-order valence-electron chi connectivity index (χ4n) is 2.62. The van der Waals surface area contributed by atoms with Crippen LogP contribution in [0, 0.1) is 11.7 Å². The van der Waals surface area contributed by atoms with E-state index in [1.54, 1.807) is 6.92 Å². The largest absolute Gasteiger partial charge is 0.383 e. The van der Waals surface area contributed by atoms with Gasteiger partial charge < -0.3 is 5.11 Å². The van der Waals surface area contributed by atoms with E-state index in [4.69, 9.17) is 15.8 Å². The van der Waals surface area contributed by atoms with Crippen LogP contribution in [0.25, 0.3) is 0 Å². The van der Waals surface area contributed by atoms with Crippen molar-refractivity contribution in [1.29, 1.82) is 0 Å². The summed E-state index contributed by atoms with van der Waals surface area (Å²) in [6.45, 7) is 2.91. The number of aliphatic hydroxyl groups is 1. The molecule has 10 heteroatoms. The zero-order valence-corrected chi connectivity index (χ0v) is 15.5. The minimum Gasteiger partial charge on any atom is -0.383 e. The van der Waals surface area contributed by atoms with E-state index in [1.807, 2.05) is 0 Å². The third-order valence-electron chi connectivity index (χ3n) is 4.05. The molecule has 2 rings (SSSR count). The molecule has 138 valence electrons. The fraction of sp³-hybridized carbons (Fsp3) is 0.467. The van der Waals surface area contributed by atoms with Crippen LogP contribution in [0.15, 0.2) is 30.9 Å². The molecule has 7 nitrogen and oxygen atoms in total. The third-order valence-corrected chi connectivity index (χ3v) is 4.94. The number of aromatic nitrogens is 3. The SMILES string of the molecule is C[C@H](OS(C)(=O)=O)[C@H](C)[C@](O)(Cn1cncn1)c1ccc(Cl)cc1F. The number of halogens is 2. The first-order valence-corrected chi connectivity index (χ1v) is 9.61. The standard InChI is InChI=1S/C15H19ClFN3O4S/c1-10(11(2)24-25(3,22)23)15(21,7-20-9-18-8-19-20)13-5-4-12(16)6-14(13)17/h4-6,8-11,21H,7H2,1-3H3/t10-,11-,15+/m0/s1. The van der Waals surface area contributed by atoms with Gasteiger partial charge in [-0.3, -0.25) is 4.18 Å². The summed E-state index contributed by atoms with van der Waals surface area (Å²) in [4.78, 5) is 3.80. The predicted molar refractivity (Wildman–Crippen MR) is 89.9 cm³/mol. The normalized spacial score (nSPS) is 17.0. The molecule has 1 aromatic heterocycles. The van der Waals surface area contributed by atoms with Crippen LogP contribution in [0.5, 0.6) is 0 Å². The monoisotopic (exact) mass is 391 g/mol. The molecule has 1 aromatic carbocycles. The molecular formula is C15H19ClFN3O4S. The van der Waals surface area contributed by atoms with Gasteiger partial charge in [0.05, 0.1) is 18.9 Å². The molecule has 0 aliphatic rings. The van der Waals surface area contributed by atoms with Gasteiger partial charge in [-0.1, -0.05) is 24.6 Å². The Bertz CT molecular complexity index is 831. The summed E-state index contributed by atoms with van der Waals surface area (Å²) >= 11 is 5.79. The molecule has 0 spiro atoms. The quantitative estimate of drug-likeness (QED) is 0.725. The molecular weight excluding hydrogens is 373 g/mol. The van der Waals surface area contributed by atoms with E-state index in [1.165, 1.54) is 36.4 Å². The molecule has 0 unspecified atom stereocenters. The molecule has 0 saturated carbocycles. The van der Waals surface area contributed by atoms with E-state index in [-0.39, 0.29) is 17.1 Å². The molecule has 0 aliphatic heterocycles. The van der Waals surface area contributed by atoms with Gasteiger partial charge in [0.25, 0.3) is 10.1 Å². The fourth-order valence-corrected chi connectivity index (χ4v) is 3.50. The van der Waals surface area contributed by atoms with Gasteiger partial charge in [-0.05, 0) is 19.1 Å². The van der Waals surface area contributed by atoms with Crippen molar-refractivity contribution >= 4 is 21.7 Å². The van der Waals surface area contributed by atoms with Crippen molar-refractivity contribution in [1.82, 2.24) is 14.8 Å². The summed E-state index contributed by atoms with van der Waals surface area (Å²) < 4.78 is 43.6. The van der Waals surface area contributed by atoms with E-state index in [9.17, 15) is 17.9 Å². The Hall–Kier alpha value is -1.55. The summed E-state index contributed by atoms with van der Waals surface area (Å²) in [6.07, 6.45) is 2.64. The van der Waals surface area contributed by atoms with Crippen molar-refractivity contribution in [2.75, 3.05) is 6.26 Å². The zero-order valence-electron chi connectivity index (χ0n) is 13.9. The first-order valence-electron chi connectivity index (χ1n) is 7.41. The van der Waals surface area contributed by atoms with E-state index >= 15 is 0 Å². The maximum absolute atomic E-state index is 14.5. The number of nitrogens with zero attached hydrogens (tertiary/aromatic N) is 3. The van der Waals surface area contributed by atoms with Crippen LogP contribution in [-0.4, -0.2) is 40.6 Å². The first-order chi connectivity index (χ1) is 11.5. The topological polar surface area (TPSA) is 94.3 Å². The van der Waals surface area contributed by atoms with Crippen molar-refractivity contribution < 1.29 is 22.1 Å². The highest BCUT2D eigenvalue weighted by molar-refractivity contribution is 7.86. The minimum atomic E-state index is -3.75. The van der Waals surface area contributed by atoms with Crippen molar-refractivity contribution in [2.45, 2.75) is 32.1 Å². The molecule has 0 radical (unpaired) electrons. The second kappa shape index (κ2) is 7.36. The van der Waals surface area contributed by atoms with Gasteiger partial charge in [0.2, 0.25) is 0 Å². The molecule has 0 amide bonds. The molecule has 25 heavy (non-hydrogen) atoms. The van der Waals surface area contributed by atoms with Crippen molar-refractivity contribution in [3.8, 4) is 0 Å². The molecule has 0 fully saturated rings. The van der Waals surface area contributed by atoms with E-state index in [0.717, 1.165) is 12.3 Å². The van der Waals surface area contributed by atoms with E-state index < -0.39 is 33.6 Å². The van der Waals surface area contributed by atoms with E-state index in [2.05, 4.69) is 10.1 Å². The molecule has 0 saturated heterocycles. The van der Waals surface area contributed by atoms with Gasteiger partial charge in [-0.15, -0.1) is 0 Å². The van der Waals surface area contributed by atoms with Gasteiger partial charge >= 0.3 is 0 Å². The van der Waals surface area contributed by atoms with Crippen LogP contribution in [0.1, 0.15) is 19.4 Å². The van der Waals surface area contributed by atoms with Crippen LogP contribution in [-0.2, 0) is 26.4 Å². The second-order valence-corrected chi connectivity index (χ2v) is 7.97. The molecule has 1 N–H and O–H groups in total. The lowest BCUT2D eigenvalue weighted by Gasteiger charge is -2.37. The Morgan fingerprint density at radius 2 is 2.12 bits per heavy atom. The van der Waals surface area contributed by atoms with Gasteiger partial charge in [0.1, 0.15) is 24.1 Å². The average molecular weight is 392 g/mol. The molecule has 0 aliphatic carbocycles. The third kappa shape index (κ3) is 4.75. The van der Waals surface area contributed by atoms with Crippen LogP contribution >= 0.6 is 11.6 Å². The molecule has 3 atom stereocenters. The van der Waals surface area contributed by atoms with Gasteiger partial charge in [-0.2, -0.15) is 13.5 Å². The summed E-state index contributed by atoms with van der Waals surface area (Å²) in [5, 5.41) is 15.4. The summed E-state index contributed by atoms with van der Waals surface area (Å²) in [5.41, 5.74) is -1.85. The highest BCUT2D eigenvalue weighted by Crippen LogP contribution is 2.37. The Morgan fingerprint density at radius 3 is 2.64 bits per heavy atom. The smallest absolute Gasteiger partial charge is 0.264 e. The number of rotatable bonds is 7. The molecule has 1 heterocycles. The van der Waals surface area contributed by atoms with Crippen LogP contribution < -0.4 is 0 Å². The zero-order chi connectivity index (χ0) is 18.8. The van der Waals surface area contributed by atoms with Crippen molar-refractivity contribution in [3.63, 3.8) is 0 Å². The molecule has 2 aromatic rings. The second-order valence-electron chi connectivity index (χ2n) is 5.94. The van der Waals surface area contributed by atoms with Crippen molar-refractivity contribution in [2.24, 2.45) is 5.92 Å². The Balaban J connectivity index is 2.47. The first kappa shape index (κ1) is 19.8.